The fraction of sp³-hybridized carbons (Fsp3) is 0.0952. The summed E-state index contributed by atoms with van der Waals surface area (Å²) in [6.45, 7) is 8.68. The molecule has 0 aliphatic carbocycles. The highest BCUT2D eigenvalue weighted by Crippen LogP contribution is 2.36. The molecule has 6 aromatic carbocycles. The molecule has 2 nitrogen and oxygen atoms in total. The molecule has 8 rings (SSSR count). The lowest BCUT2D eigenvalue weighted by atomic mass is 9.94. The Morgan fingerprint density at radius 3 is 1.86 bits per heavy atom. The van der Waals surface area contributed by atoms with Crippen molar-refractivity contribution >= 4 is 43.4 Å². The monoisotopic (exact) mass is 564 g/mol. The Hall–Kier alpha value is -5.34. The molecule has 0 spiro atoms. The van der Waals surface area contributed by atoms with Gasteiger partial charge in [0.25, 0.3) is 0 Å². The average molecular weight is 565 g/mol. The van der Waals surface area contributed by atoms with E-state index in [0.717, 1.165) is 22.3 Å². The summed E-state index contributed by atoms with van der Waals surface area (Å²) in [6.07, 6.45) is 1.97. The Bertz CT molecular complexity index is 2410. The van der Waals surface area contributed by atoms with Crippen LogP contribution in [-0.4, -0.2) is 9.97 Å². The number of nitrogens with zero attached hydrogens (tertiary/aromatic N) is 2. The average Bonchev–Trinajstić information content (AvgIpc) is 3.07. The Labute approximate surface area is 257 Å². The summed E-state index contributed by atoms with van der Waals surface area (Å²) in [4.78, 5) is 10.1. The van der Waals surface area contributed by atoms with Crippen molar-refractivity contribution in [1.29, 1.82) is 0 Å². The largest absolute Gasteiger partial charge is 0.254 e. The molecule has 2 heterocycles. The number of aromatic nitrogens is 2. The van der Waals surface area contributed by atoms with E-state index < -0.39 is 0 Å². The van der Waals surface area contributed by atoms with E-state index in [4.69, 9.17) is 9.97 Å². The predicted octanol–water partition coefficient (Wildman–Crippen LogP) is 11.3. The predicted molar refractivity (Wildman–Crippen MR) is 187 cm³/mol. The van der Waals surface area contributed by atoms with Gasteiger partial charge < -0.3 is 0 Å². The van der Waals surface area contributed by atoms with Crippen molar-refractivity contribution in [3.05, 3.63) is 144 Å². The van der Waals surface area contributed by atoms with E-state index in [1.54, 1.807) is 0 Å². The second-order valence-electron chi connectivity index (χ2n) is 12.0. The maximum absolute atomic E-state index is 5.27. The van der Waals surface area contributed by atoms with Crippen molar-refractivity contribution in [2.24, 2.45) is 0 Å². The van der Waals surface area contributed by atoms with Gasteiger partial charge in [0, 0.05) is 22.5 Å². The molecule has 0 radical (unpaired) electrons. The lowest BCUT2D eigenvalue weighted by molar-refractivity contribution is 1.25. The number of rotatable bonds is 3. The zero-order valence-electron chi connectivity index (χ0n) is 25.4. The van der Waals surface area contributed by atoms with Crippen LogP contribution in [-0.2, 0) is 0 Å². The third-order valence-corrected chi connectivity index (χ3v) is 9.51. The van der Waals surface area contributed by atoms with Crippen molar-refractivity contribution in [3.63, 3.8) is 0 Å². The maximum atomic E-state index is 5.27. The van der Waals surface area contributed by atoms with Crippen LogP contribution in [0.2, 0.25) is 0 Å². The van der Waals surface area contributed by atoms with Crippen LogP contribution in [0.25, 0.3) is 76.9 Å². The first-order valence-electron chi connectivity index (χ1n) is 15.2. The van der Waals surface area contributed by atoms with Gasteiger partial charge in [0.05, 0.1) is 16.7 Å². The molecule has 0 bridgehead atoms. The van der Waals surface area contributed by atoms with Gasteiger partial charge in [-0.3, -0.25) is 4.98 Å². The molecule has 0 atom stereocenters. The second kappa shape index (κ2) is 10.1. The summed E-state index contributed by atoms with van der Waals surface area (Å²) < 4.78 is 0. The molecule has 0 amide bonds. The van der Waals surface area contributed by atoms with Gasteiger partial charge in [0.1, 0.15) is 0 Å². The maximum Gasteiger partial charge on any atom is 0.0975 e. The number of benzene rings is 6. The van der Waals surface area contributed by atoms with Crippen LogP contribution < -0.4 is 0 Å². The van der Waals surface area contributed by atoms with E-state index >= 15 is 0 Å². The molecule has 0 saturated heterocycles. The van der Waals surface area contributed by atoms with Crippen LogP contribution in [0.1, 0.15) is 22.3 Å². The SMILES string of the molecule is Cc1cnc2c(ccc3c(C)c(C)c(-c4ccc5cc(-c6ccc(-c7cccc8ccccc78)cc6)ccc5c4)nc32)c1C. The summed E-state index contributed by atoms with van der Waals surface area (Å²) in [5, 5.41) is 7.33. The number of fused-ring (bicyclic) bond motifs is 5. The van der Waals surface area contributed by atoms with Crippen molar-refractivity contribution in [3.8, 4) is 33.5 Å². The first kappa shape index (κ1) is 26.3. The van der Waals surface area contributed by atoms with Gasteiger partial charge in [-0.05, 0) is 106 Å². The molecule has 2 aromatic heterocycles. The number of aryl methyl sites for hydroxylation is 3. The summed E-state index contributed by atoms with van der Waals surface area (Å²) in [6, 6.07) is 41.9. The lowest BCUT2D eigenvalue weighted by Crippen LogP contribution is -1.97. The molecule has 0 aliphatic heterocycles. The highest BCUT2D eigenvalue weighted by molar-refractivity contribution is 6.06. The molecule has 44 heavy (non-hydrogen) atoms. The van der Waals surface area contributed by atoms with Crippen molar-refractivity contribution in [2.75, 3.05) is 0 Å². The Kier molecular flexibility index (Phi) is 6.06. The smallest absolute Gasteiger partial charge is 0.0975 e. The quantitative estimate of drug-likeness (QED) is 0.199. The third-order valence-electron chi connectivity index (χ3n) is 9.51. The van der Waals surface area contributed by atoms with E-state index in [1.807, 2.05) is 6.20 Å². The minimum absolute atomic E-state index is 0.978. The van der Waals surface area contributed by atoms with Crippen molar-refractivity contribution in [2.45, 2.75) is 27.7 Å². The summed E-state index contributed by atoms with van der Waals surface area (Å²) in [5.41, 5.74) is 14.0. The Balaban J connectivity index is 1.17. The van der Waals surface area contributed by atoms with Gasteiger partial charge in [-0.25, -0.2) is 4.98 Å². The lowest BCUT2D eigenvalue weighted by Gasteiger charge is -2.15. The molecular formula is C42H32N2. The van der Waals surface area contributed by atoms with Crippen LogP contribution in [0.4, 0.5) is 0 Å². The highest BCUT2D eigenvalue weighted by Gasteiger charge is 2.15. The van der Waals surface area contributed by atoms with Crippen LogP contribution in [0.5, 0.6) is 0 Å². The Morgan fingerprint density at radius 1 is 0.432 bits per heavy atom. The van der Waals surface area contributed by atoms with Gasteiger partial charge in [-0.2, -0.15) is 0 Å². The van der Waals surface area contributed by atoms with Gasteiger partial charge in [0.2, 0.25) is 0 Å². The van der Waals surface area contributed by atoms with Crippen LogP contribution in [0, 0.1) is 27.7 Å². The molecule has 2 heteroatoms. The van der Waals surface area contributed by atoms with Crippen molar-refractivity contribution < 1.29 is 0 Å². The second-order valence-corrected chi connectivity index (χ2v) is 12.0. The minimum atomic E-state index is 0.978. The summed E-state index contributed by atoms with van der Waals surface area (Å²) in [5.74, 6) is 0. The standard InChI is InChI=1S/C42H32N2/c1-25-24-43-41-36(26(25)2)20-21-37-27(3)28(4)40(44-42(37)41)35-19-18-33-22-32(16-17-34(33)23-35)29-12-14-31(15-13-29)39-11-7-9-30-8-5-6-10-38(30)39/h5-24H,1-4H3. The van der Waals surface area contributed by atoms with Gasteiger partial charge in [-0.15, -0.1) is 0 Å². The molecule has 0 saturated carbocycles. The van der Waals surface area contributed by atoms with E-state index in [1.165, 1.54) is 76.8 Å². The normalized spacial score (nSPS) is 11.6. The summed E-state index contributed by atoms with van der Waals surface area (Å²) >= 11 is 0. The fourth-order valence-electron chi connectivity index (χ4n) is 6.65. The van der Waals surface area contributed by atoms with E-state index in [-0.39, 0.29) is 0 Å². The van der Waals surface area contributed by atoms with Gasteiger partial charge >= 0.3 is 0 Å². The number of hydrogen-bond donors (Lipinski definition) is 0. The molecule has 210 valence electrons. The molecular weight excluding hydrogens is 532 g/mol. The number of pyridine rings is 2. The van der Waals surface area contributed by atoms with Gasteiger partial charge in [0.15, 0.2) is 0 Å². The van der Waals surface area contributed by atoms with Crippen LogP contribution >= 0.6 is 0 Å². The number of hydrogen-bond acceptors (Lipinski definition) is 2. The van der Waals surface area contributed by atoms with E-state index in [0.29, 0.717) is 0 Å². The molecule has 0 fully saturated rings. The van der Waals surface area contributed by atoms with E-state index in [9.17, 15) is 0 Å². The minimum Gasteiger partial charge on any atom is -0.254 e. The van der Waals surface area contributed by atoms with Crippen molar-refractivity contribution in [1.82, 2.24) is 9.97 Å². The highest BCUT2D eigenvalue weighted by atomic mass is 14.8. The topological polar surface area (TPSA) is 25.8 Å². The fourth-order valence-corrected chi connectivity index (χ4v) is 6.65. The van der Waals surface area contributed by atoms with E-state index in [2.05, 4.69) is 143 Å². The molecule has 0 unspecified atom stereocenters. The molecule has 0 aliphatic rings. The van der Waals surface area contributed by atoms with Crippen LogP contribution in [0.3, 0.4) is 0 Å². The molecule has 0 N–H and O–H groups in total. The zero-order valence-corrected chi connectivity index (χ0v) is 25.4. The molecule has 8 aromatic rings. The zero-order chi connectivity index (χ0) is 29.9. The van der Waals surface area contributed by atoms with Gasteiger partial charge in [-0.1, -0.05) is 103 Å². The first-order valence-corrected chi connectivity index (χ1v) is 15.2. The summed E-state index contributed by atoms with van der Waals surface area (Å²) in [7, 11) is 0. The first-order chi connectivity index (χ1) is 21.5. The Morgan fingerprint density at radius 2 is 1.07 bits per heavy atom. The van der Waals surface area contributed by atoms with Crippen LogP contribution in [0.15, 0.2) is 121 Å². The third kappa shape index (κ3) is 4.18.